The van der Waals surface area contributed by atoms with Gasteiger partial charge in [0.1, 0.15) is 0 Å². The first-order valence-electron chi connectivity index (χ1n) is 7.08. The third-order valence-corrected chi connectivity index (χ3v) is 3.44. The number of hydrogen-bond donors (Lipinski definition) is 1. The SMILES string of the molecule is COCCCC(CNCC(C)C)c1ccc(Cl)cc1. The van der Waals surface area contributed by atoms with E-state index >= 15 is 0 Å². The van der Waals surface area contributed by atoms with Gasteiger partial charge in [0.25, 0.3) is 0 Å². The highest BCUT2D eigenvalue weighted by molar-refractivity contribution is 6.30. The summed E-state index contributed by atoms with van der Waals surface area (Å²) in [6, 6.07) is 8.22. The van der Waals surface area contributed by atoms with Crippen LogP contribution in [0.15, 0.2) is 24.3 Å². The topological polar surface area (TPSA) is 21.3 Å². The smallest absolute Gasteiger partial charge is 0.0462 e. The fraction of sp³-hybridized carbons (Fsp3) is 0.625. The predicted octanol–water partition coefficient (Wildman–Crippen LogP) is 4.10. The molecule has 0 aliphatic carbocycles. The molecule has 3 heteroatoms. The summed E-state index contributed by atoms with van der Waals surface area (Å²) < 4.78 is 5.15. The van der Waals surface area contributed by atoms with Gasteiger partial charge in [0.2, 0.25) is 0 Å². The molecular formula is C16H26ClNO. The van der Waals surface area contributed by atoms with Crippen molar-refractivity contribution in [3.05, 3.63) is 34.9 Å². The Labute approximate surface area is 122 Å². The summed E-state index contributed by atoms with van der Waals surface area (Å²) in [5.41, 5.74) is 1.36. The highest BCUT2D eigenvalue weighted by Crippen LogP contribution is 2.22. The van der Waals surface area contributed by atoms with Crippen molar-refractivity contribution in [1.82, 2.24) is 5.32 Å². The number of nitrogens with one attached hydrogen (secondary N) is 1. The second-order valence-corrected chi connectivity index (χ2v) is 5.87. The average Bonchev–Trinajstić information content (AvgIpc) is 2.38. The molecular weight excluding hydrogens is 258 g/mol. The van der Waals surface area contributed by atoms with E-state index in [1.54, 1.807) is 7.11 Å². The zero-order valence-corrected chi connectivity index (χ0v) is 13.0. The summed E-state index contributed by atoms with van der Waals surface area (Å²) in [5.74, 6) is 1.22. The van der Waals surface area contributed by atoms with Gasteiger partial charge in [0.05, 0.1) is 0 Å². The molecule has 1 aromatic carbocycles. The molecule has 1 N–H and O–H groups in total. The second kappa shape index (κ2) is 9.35. The Morgan fingerprint density at radius 1 is 1.16 bits per heavy atom. The highest BCUT2D eigenvalue weighted by Gasteiger charge is 2.11. The van der Waals surface area contributed by atoms with E-state index in [9.17, 15) is 0 Å². The molecule has 0 spiro atoms. The molecule has 0 saturated heterocycles. The summed E-state index contributed by atoms with van der Waals surface area (Å²) in [7, 11) is 1.76. The first-order valence-corrected chi connectivity index (χ1v) is 7.46. The minimum Gasteiger partial charge on any atom is -0.385 e. The van der Waals surface area contributed by atoms with Crippen molar-refractivity contribution in [3.63, 3.8) is 0 Å². The van der Waals surface area contributed by atoms with Crippen LogP contribution >= 0.6 is 11.6 Å². The van der Waals surface area contributed by atoms with Gasteiger partial charge >= 0.3 is 0 Å². The summed E-state index contributed by atoms with van der Waals surface area (Å²) in [5, 5.41) is 4.35. The molecule has 0 aliphatic heterocycles. The van der Waals surface area contributed by atoms with Crippen molar-refractivity contribution in [1.29, 1.82) is 0 Å². The quantitative estimate of drug-likeness (QED) is 0.689. The Balaban J connectivity index is 2.54. The van der Waals surface area contributed by atoms with E-state index < -0.39 is 0 Å². The molecule has 0 fully saturated rings. The van der Waals surface area contributed by atoms with Crippen LogP contribution in [-0.2, 0) is 4.74 Å². The van der Waals surface area contributed by atoms with E-state index in [2.05, 4.69) is 31.3 Å². The van der Waals surface area contributed by atoms with Crippen molar-refractivity contribution in [3.8, 4) is 0 Å². The van der Waals surface area contributed by atoms with Crippen LogP contribution in [-0.4, -0.2) is 26.8 Å². The number of hydrogen-bond acceptors (Lipinski definition) is 2. The van der Waals surface area contributed by atoms with E-state index in [-0.39, 0.29) is 0 Å². The molecule has 0 aromatic heterocycles. The minimum atomic E-state index is 0.533. The Hall–Kier alpha value is -0.570. The maximum Gasteiger partial charge on any atom is 0.0462 e. The maximum absolute atomic E-state index is 5.95. The lowest BCUT2D eigenvalue weighted by Gasteiger charge is -2.19. The molecule has 0 saturated carbocycles. The number of halogens is 1. The maximum atomic E-state index is 5.95. The largest absolute Gasteiger partial charge is 0.385 e. The highest BCUT2D eigenvalue weighted by atomic mass is 35.5. The number of rotatable bonds is 9. The molecule has 0 amide bonds. The van der Waals surface area contributed by atoms with Crippen LogP contribution in [0.3, 0.4) is 0 Å². The average molecular weight is 284 g/mol. The number of ether oxygens (including phenoxy) is 1. The molecule has 0 bridgehead atoms. The first kappa shape index (κ1) is 16.5. The Bertz CT molecular complexity index is 337. The van der Waals surface area contributed by atoms with Crippen LogP contribution in [0.2, 0.25) is 5.02 Å². The Kier molecular flexibility index (Phi) is 8.11. The van der Waals surface area contributed by atoms with Crippen LogP contribution in [0.1, 0.15) is 38.2 Å². The second-order valence-electron chi connectivity index (χ2n) is 5.44. The number of benzene rings is 1. The summed E-state index contributed by atoms with van der Waals surface area (Å²) in [4.78, 5) is 0. The molecule has 2 nitrogen and oxygen atoms in total. The lowest BCUT2D eigenvalue weighted by molar-refractivity contribution is 0.190. The third kappa shape index (κ3) is 6.95. The third-order valence-electron chi connectivity index (χ3n) is 3.19. The molecule has 0 radical (unpaired) electrons. The normalized spacial score (nSPS) is 12.9. The molecule has 1 rings (SSSR count). The van der Waals surface area contributed by atoms with Crippen molar-refractivity contribution >= 4 is 11.6 Å². The van der Waals surface area contributed by atoms with Gasteiger partial charge in [-0.15, -0.1) is 0 Å². The van der Waals surface area contributed by atoms with E-state index in [4.69, 9.17) is 16.3 Å². The van der Waals surface area contributed by atoms with Crippen LogP contribution in [0.4, 0.5) is 0 Å². The van der Waals surface area contributed by atoms with Crippen molar-refractivity contribution in [2.75, 3.05) is 26.8 Å². The molecule has 1 unspecified atom stereocenters. The van der Waals surface area contributed by atoms with E-state index in [1.807, 2.05) is 12.1 Å². The van der Waals surface area contributed by atoms with Gasteiger partial charge in [-0.1, -0.05) is 37.6 Å². The molecule has 0 aliphatic rings. The summed E-state index contributed by atoms with van der Waals surface area (Å²) >= 11 is 5.95. The zero-order valence-electron chi connectivity index (χ0n) is 12.3. The van der Waals surface area contributed by atoms with Gasteiger partial charge in [0, 0.05) is 25.3 Å². The van der Waals surface area contributed by atoms with Gasteiger partial charge in [-0.2, -0.15) is 0 Å². The van der Waals surface area contributed by atoms with Gasteiger partial charge < -0.3 is 10.1 Å². The van der Waals surface area contributed by atoms with E-state index in [0.29, 0.717) is 11.8 Å². The minimum absolute atomic E-state index is 0.533. The standard InChI is InChI=1S/C16H26ClNO/c1-13(2)11-18-12-15(5-4-10-19-3)14-6-8-16(17)9-7-14/h6-9,13,15,18H,4-5,10-12H2,1-3H3. The van der Waals surface area contributed by atoms with E-state index in [0.717, 1.165) is 37.6 Å². The van der Waals surface area contributed by atoms with Crippen molar-refractivity contribution in [2.45, 2.75) is 32.6 Å². The fourth-order valence-corrected chi connectivity index (χ4v) is 2.27. The molecule has 19 heavy (non-hydrogen) atoms. The monoisotopic (exact) mass is 283 g/mol. The lowest BCUT2D eigenvalue weighted by Crippen LogP contribution is -2.25. The zero-order chi connectivity index (χ0) is 14.1. The number of methoxy groups -OCH3 is 1. The predicted molar refractivity (Wildman–Crippen MR) is 83.0 cm³/mol. The first-order chi connectivity index (χ1) is 9.13. The summed E-state index contributed by atoms with van der Waals surface area (Å²) in [6.07, 6.45) is 2.23. The van der Waals surface area contributed by atoms with Crippen LogP contribution in [0.25, 0.3) is 0 Å². The fourth-order valence-electron chi connectivity index (χ4n) is 2.14. The Morgan fingerprint density at radius 2 is 1.84 bits per heavy atom. The van der Waals surface area contributed by atoms with Crippen LogP contribution < -0.4 is 5.32 Å². The van der Waals surface area contributed by atoms with E-state index in [1.165, 1.54) is 5.56 Å². The summed E-state index contributed by atoms with van der Waals surface area (Å²) in [6.45, 7) is 7.37. The van der Waals surface area contributed by atoms with Crippen LogP contribution in [0, 0.1) is 5.92 Å². The van der Waals surface area contributed by atoms with Gasteiger partial charge in [0.15, 0.2) is 0 Å². The van der Waals surface area contributed by atoms with Gasteiger partial charge in [-0.05, 0) is 48.9 Å². The lowest BCUT2D eigenvalue weighted by atomic mass is 9.94. The van der Waals surface area contributed by atoms with Gasteiger partial charge in [-0.3, -0.25) is 0 Å². The van der Waals surface area contributed by atoms with Gasteiger partial charge in [-0.25, -0.2) is 0 Å². The van der Waals surface area contributed by atoms with Crippen molar-refractivity contribution < 1.29 is 4.74 Å². The van der Waals surface area contributed by atoms with Crippen LogP contribution in [0.5, 0.6) is 0 Å². The molecule has 1 atom stereocenters. The molecule has 0 heterocycles. The Morgan fingerprint density at radius 3 is 2.42 bits per heavy atom. The molecule has 108 valence electrons. The molecule has 1 aromatic rings. The van der Waals surface area contributed by atoms with Crippen molar-refractivity contribution in [2.24, 2.45) is 5.92 Å².